The topological polar surface area (TPSA) is 90.0 Å². The molecule has 0 radical (unpaired) electrons. The standard InChI is InChI=1S/C24H25F2N7O/c1-3-18-20(32-10-8-14(2)28-24(32)29-18)23(34)27-13-15-4-6-16(7-5-15)22-30-19-12-17(21(25)26)9-11-33(19)31-22/h4-8,10,17,21H,3,9,11-13H2,1-2H3,(H,27,34). The first kappa shape index (κ1) is 22.1. The van der Waals surface area contributed by atoms with Crippen LogP contribution in [-0.2, 0) is 25.9 Å². The smallest absolute Gasteiger partial charge is 0.270 e. The minimum Gasteiger partial charge on any atom is -0.347 e. The van der Waals surface area contributed by atoms with Gasteiger partial charge in [-0.2, -0.15) is 5.10 Å². The van der Waals surface area contributed by atoms with Crippen molar-refractivity contribution in [2.24, 2.45) is 5.92 Å². The minimum absolute atomic E-state index is 0.212. The molecule has 1 atom stereocenters. The Morgan fingerprint density at radius 1 is 1.18 bits per heavy atom. The van der Waals surface area contributed by atoms with Crippen LogP contribution in [0.2, 0.25) is 0 Å². The lowest BCUT2D eigenvalue weighted by atomic mass is 9.99. The van der Waals surface area contributed by atoms with Gasteiger partial charge in [-0.3, -0.25) is 9.20 Å². The fraction of sp³-hybridized carbons (Fsp3) is 0.375. The molecule has 0 spiro atoms. The van der Waals surface area contributed by atoms with Crippen LogP contribution in [0.1, 0.15) is 46.6 Å². The average Bonchev–Trinajstić information content (AvgIpc) is 3.43. The van der Waals surface area contributed by atoms with E-state index in [1.54, 1.807) is 9.08 Å². The van der Waals surface area contributed by atoms with E-state index in [2.05, 4.69) is 25.4 Å². The van der Waals surface area contributed by atoms with E-state index in [0.29, 0.717) is 54.7 Å². The summed E-state index contributed by atoms with van der Waals surface area (Å²) in [6, 6.07) is 9.41. The highest BCUT2D eigenvalue weighted by Gasteiger charge is 2.28. The second-order valence-electron chi connectivity index (χ2n) is 8.54. The molecule has 1 unspecified atom stereocenters. The van der Waals surface area contributed by atoms with Gasteiger partial charge in [0.15, 0.2) is 5.82 Å². The van der Waals surface area contributed by atoms with Crippen molar-refractivity contribution < 1.29 is 13.6 Å². The number of aryl methyl sites for hydroxylation is 3. The third-order valence-corrected chi connectivity index (χ3v) is 6.18. The summed E-state index contributed by atoms with van der Waals surface area (Å²) in [6.45, 7) is 4.65. The van der Waals surface area contributed by atoms with Gasteiger partial charge in [-0.15, -0.1) is 0 Å². The number of halogens is 2. The molecule has 3 aromatic heterocycles. The van der Waals surface area contributed by atoms with E-state index < -0.39 is 12.3 Å². The van der Waals surface area contributed by atoms with E-state index in [0.717, 1.165) is 16.8 Å². The number of aromatic nitrogens is 6. The lowest BCUT2D eigenvalue weighted by Crippen LogP contribution is -2.25. The van der Waals surface area contributed by atoms with Crippen molar-refractivity contribution in [3.8, 4) is 11.4 Å². The maximum absolute atomic E-state index is 13.0. The SMILES string of the molecule is CCc1nc2nc(C)ccn2c1C(=O)NCc1ccc(-c2nc3n(n2)CCC(C(F)F)C3)cc1. The highest BCUT2D eigenvalue weighted by atomic mass is 19.3. The largest absolute Gasteiger partial charge is 0.347 e. The van der Waals surface area contributed by atoms with Crippen molar-refractivity contribution in [2.75, 3.05) is 0 Å². The van der Waals surface area contributed by atoms with Crippen LogP contribution in [-0.4, -0.2) is 41.5 Å². The molecule has 0 aliphatic carbocycles. The molecule has 0 fully saturated rings. The van der Waals surface area contributed by atoms with Crippen LogP contribution in [0.15, 0.2) is 36.5 Å². The Kier molecular flexibility index (Phi) is 5.80. The summed E-state index contributed by atoms with van der Waals surface area (Å²) in [5, 5.41) is 7.45. The Morgan fingerprint density at radius 2 is 1.97 bits per heavy atom. The number of nitrogens with zero attached hydrogens (tertiary/aromatic N) is 6. The van der Waals surface area contributed by atoms with E-state index in [1.165, 1.54) is 0 Å². The number of hydrogen-bond donors (Lipinski definition) is 1. The minimum atomic E-state index is -2.34. The molecule has 176 valence electrons. The number of amides is 1. The molecule has 4 heterocycles. The van der Waals surface area contributed by atoms with Gasteiger partial charge in [0.05, 0.1) is 5.69 Å². The molecule has 4 aromatic rings. The number of hydrogen-bond acceptors (Lipinski definition) is 5. The number of rotatable bonds is 6. The third kappa shape index (κ3) is 4.15. The van der Waals surface area contributed by atoms with E-state index in [1.807, 2.05) is 50.4 Å². The highest BCUT2D eigenvalue weighted by Crippen LogP contribution is 2.26. The van der Waals surface area contributed by atoms with Gasteiger partial charge < -0.3 is 5.32 Å². The summed E-state index contributed by atoms with van der Waals surface area (Å²) in [5.74, 6) is 0.781. The Balaban J connectivity index is 1.28. The molecular weight excluding hydrogens is 440 g/mol. The molecule has 34 heavy (non-hydrogen) atoms. The second kappa shape index (κ2) is 8.92. The van der Waals surface area contributed by atoms with Crippen molar-refractivity contribution in [1.82, 2.24) is 34.4 Å². The summed E-state index contributed by atoms with van der Waals surface area (Å²) in [5.41, 5.74) is 3.77. The van der Waals surface area contributed by atoms with Gasteiger partial charge in [0.1, 0.15) is 11.5 Å². The van der Waals surface area contributed by atoms with Crippen molar-refractivity contribution in [3.63, 3.8) is 0 Å². The van der Waals surface area contributed by atoms with Gasteiger partial charge in [0.25, 0.3) is 5.91 Å². The molecule has 1 aromatic carbocycles. The maximum atomic E-state index is 13.0. The number of alkyl halides is 2. The van der Waals surface area contributed by atoms with Gasteiger partial charge in [-0.25, -0.2) is 28.4 Å². The molecular formula is C24H25F2N7O. The molecule has 10 heteroatoms. The molecule has 0 saturated carbocycles. The van der Waals surface area contributed by atoms with Crippen molar-refractivity contribution in [1.29, 1.82) is 0 Å². The number of nitrogens with one attached hydrogen (secondary N) is 1. The molecule has 1 aliphatic heterocycles. The first-order valence-corrected chi connectivity index (χ1v) is 11.4. The van der Waals surface area contributed by atoms with Crippen LogP contribution in [0.25, 0.3) is 17.2 Å². The number of carbonyl (C=O) groups is 1. The van der Waals surface area contributed by atoms with Crippen LogP contribution in [0.3, 0.4) is 0 Å². The molecule has 5 rings (SSSR count). The first-order chi connectivity index (χ1) is 16.4. The van der Waals surface area contributed by atoms with Gasteiger partial charge in [-0.05, 0) is 31.4 Å². The first-order valence-electron chi connectivity index (χ1n) is 11.4. The summed E-state index contributed by atoms with van der Waals surface area (Å²) in [4.78, 5) is 26.3. The Hall–Kier alpha value is -3.69. The highest BCUT2D eigenvalue weighted by molar-refractivity contribution is 5.94. The van der Waals surface area contributed by atoms with Gasteiger partial charge in [0.2, 0.25) is 12.2 Å². The number of benzene rings is 1. The van der Waals surface area contributed by atoms with E-state index in [9.17, 15) is 13.6 Å². The molecule has 8 nitrogen and oxygen atoms in total. The molecule has 1 amide bonds. The number of fused-ring (bicyclic) bond motifs is 2. The Morgan fingerprint density at radius 3 is 2.71 bits per heavy atom. The van der Waals surface area contributed by atoms with Gasteiger partial charge in [-0.1, -0.05) is 31.2 Å². The molecule has 0 saturated heterocycles. The quantitative estimate of drug-likeness (QED) is 0.470. The summed E-state index contributed by atoms with van der Waals surface area (Å²) in [7, 11) is 0. The van der Waals surface area contributed by atoms with E-state index in [-0.39, 0.29) is 12.3 Å². The summed E-state index contributed by atoms with van der Waals surface area (Å²) in [6.07, 6.45) is 0.757. The van der Waals surface area contributed by atoms with Crippen molar-refractivity contribution in [2.45, 2.75) is 52.6 Å². The van der Waals surface area contributed by atoms with Gasteiger partial charge >= 0.3 is 0 Å². The summed E-state index contributed by atoms with van der Waals surface area (Å²) < 4.78 is 29.5. The normalized spacial score (nSPS) is 15.6. The molecule has 1 N–H and O–H groups in total. The average molecular weight is 466 g/mol. The Labute approximate surface area is 195 Å². The Bertz CT molecular complexity index is 1340. The van der Waals surface area contributed by atoms with Crippen LogP contribution in [0.5, 0.6) is 0 Å². The fourth-order valence-corrected chi connectivity index (χ4v) is 4.26. The lowest BCUT2D eigenvalue weighted by molar-refractivity contribution is 0.0608. The molecule has 0 bridgehead atoms. The zero-order chi connectivity index (χ0) is 23.8. The predicted molar refractivity (Wildman–Crippen MR) is 122 cm³/mol. The van der Waals surface area contributed by atoms with Crippen LogP contribution < -0.4 is 5.32 Å². The molecule has 1 aliphatic rings. The maximum Gasteiger partial charge on any atom is 0.270 e. The zero-order valence-electron chi connectivity index (χ0n) is 19.0. The zero-order valence-corrected chi connectivity index (χ0v) is 19.0. The summed E-state index contributed by atoms with van der Waals surface area (Å²) >= 11 is 0. The predicted octanol–water partition coefficient (Wildman–Crippen LogP) is 3.62. The van der Waals surface area contributed by atoms with Crippen LogP contribution in [0, 0.1) is 12.8 Å². The third-order valence-electron chi connectivity index (χ3n) is 6.18. The van der Waals surface area contributed by atoms with E-state index in [4.69, 9.17) is 0 Å². The van der Waals surface area contributed by atoms with Gasteiger partial charge in [0, 0.05) is 42.9 Å². The van der Waals surface area contributed by atoms with Crippen molar-refractivity contribution in [3.05, 3.63) is 65.0 Å². The van der Waals surface area contributed by atoms with Crippen molar-refractivity contribution >= 4 is 11.7 Å². The monoisotopic (exact) mass is 465 g/mol. The van der Waals surface area contributed by atoms with Crippen LogP contribution in [0.4, 0.5) is 8.78 Å². The lowest BCUT2D eigenvalue weighted by Gasteiger charge is -2.20. The number of carbonyl (C=O) groups excluding carboxylic acids is 1. The van der Waals surface area contributed by atoms with E-state index >= 15 is 0 Å². The fourth-order valence-electron chi connectivity index (χ4n) is 4.26. The second-order valence-corrected chi connectivity index (χ2v) is 8.54. The van der Waals surface area contributed by atoms with Crippen LogP contribution >= 0.6 is 0 Å². The number of imidazole rings is 1.